The number of non-ortho nitro benzene ring substituents is 1. The molecule has 2 aliphatic rings. The Hall–Kier alpha value is -4.44. The molecule has 36 heavy (non-hydrogen) atoms. The number of rotatable bonds is 5. The zero-order valence-corrected chi connectivity index (χ0v) is 20.5. The number of hydrogen-bond acceptors (Lipinski definition) is 6. The lowest BCUT2D eigenvalue weighted by molar-refractivity contribution is -0.384. The molecule has 0 saturated carbocycles. The second-order valence-corrected chi connectivity index (χ2v) is 9.04. The van der Waals surface area contributed by atoms with Gasteiger partial charge in [-0.15, -0.1) is 0 Å². The van der Waals surface area contributed by atoms with E-state index in [0.717, 1.165) is 28.2 Å². The maximum absolute atomic E-state index is 12.9. The molecular formula is C26H21N5O4S. The fourth-order valence-electron chi connectivity index (χ4n) is 4.34. The van der Waals surface area contributed by atoms with Crippen LogP contribution in [0.2, 0.25) is 0 Å². The number of nitrogens with one attached hydrogen (secondary N) is 1. The van der Waals surface area contributed by atoms with Gasteiger partial charge in [-0.25, -0.2) is 0 Å². The molecule has 3 heterocycles. The maximum Gasteiger partial charge on any atom is 0.283 e. The standard InChI is InChI=1S/C26H21N5O4S/c1-15-11-18(16(2)29(15)21-10-9-19(31(33)34)13-23(21)35-3)12-20-24(27)30-22(17-7-5-4-6-8-17)14-36-26(30)28-25(20)32/h4-14,27H,1-3H3. The Balaban J connectivity index is 1.55. The summed E-state index contributed by atoms with van der Waals surface area (Å²) in [5, 5.41) is 22.4. The van der Waals surface area contributed by atoms with Crippen molar-refractivity contribution in [3.05, 3.63) is 98.2 Å². The number of hydrogen-bond donors (Lipinski definition) is 1. The fraction of sp³-hybridized carbons (Fsp3) is 0.115. The van der Waals surface area contributed by atoms with E-state index < -0.39 is 10.8 Å². The quantitative estimate of drug-likeness (QED) is 0.289. The molecule has 1 N–H and O–H groups in total. The third-order valence-corrected chi connectivity index (χ3v) is 6.89. The van der Waals surface area contributed by atoms with E-state index in [0.29, 0.717) is 16.6 Å². The Morgan fingerprint density at radius 3 is 2.58 bits per heavy atom. The van der Waals surface area contributed by atoms with Crippen molar-refractivity contribution in [2.75, 3.05) is 7.11 Å². The summed E-state index contributed by atoms with van der Waals surface area (Å²) < 4.78 is 7.34. The van der Waals surface area contributed by atoms with E-state index in [9.17, 15) is 14.9 Å². The molecule has 0 aliphatic carbocycles. The van der Waals surface area contributed by atoms with Crippen LogP contribution < -0.4 is 4.74 Å². The minimum absolute atomic E-state index is 0.0582. The van der Waals surface area contributed by atoms with Gasteiger partial charge in [0, 0.05) is 22.9 Å². The smallest absolute Gasteiger partial charge is 0.283 e. The van der Waals surface area contributed by atoms with E-state index in [1.165, 1.54) is 31.0 Å². The molecule has 1 amide bonds. The van der Waals surface area contributed by atoms with Gasteiger partial charge in [0.2, 0.25) is 0 Å². The van der Waals surface area contributed by atoms with Gasteiger partial charge in [0.25, 0.3) is 11.6 Å². The number of aromatic nitrogens is 1. The van der Waals surface area contributed by atoms with E-state index in [1.807, 2.05) is 60.2 Å². The molecule has 9 nitrogen and oxygen atoms in total. The number of amides is 1. The summed E-state index contributed by atoms with van der Waals surface area (Å²) in [7, 11) is 1.46. The summed E-state index contributed by atoms with van der Waals surface area (Å²) >= 11 is 1.32. The molecule has 1 aromatic heterocycles. The normalized spacial score (nSPS) is 16.2. The van der Waals surface area contributed by atoms with Crippen LogP contribution in [0.3, 0.4) is 0 Å². The molecular weight excluding hydrogens is 478 g/mol. The van der Waals surface area contributed by atoms with Crippen LogP contribution >= 0.6 is 11.8 Å². The van der Waals surface area contributed by atoms with E-state index in [2.05, 4.69) is 4.99 Å². The van der Waals surface area contributed by atoms with Gasteiger partial charge in [-0.1, -0.05) is 42.1 Å². The van der Waals surface area contributed by atoms with Gasteiger partial charge in [0.1, 0.15) is 11.6 Å². The first-order valence-corrected chi connectivity index (χ1v) is 11.9. The second-order valence-electron chi connectivity index (χ2n) is 8.20. The van der Waals surface area contributed by atoms with Gasteiger partial charge in [0.05, 0.1) is 35.1 Å². The minimum Gasteiger partial charge on any atom is -0.494 e. The van der Waals surface area contributed by atoms with Crippen LogP contribution in [0.5, 0.6) is 5.75 Å². The Morgan fingerprint density at radius 1 is 1.14 bits per heavy atom. The first-order valence-electron chi connectivity index (χ1n) is 11.0. The molecule has 0 fully saturated rings. The number of nitro benzene ring substituents is 1. The van der Waals surface area contributed by atoms with Crippen LogP contribution in [0.4, 0.5) is 5.69 Å². The summed E-state index contributed by atoms with van der Waals surface area (Å²) in [4.78, 5) is 29.6. The van der Waals surface area contributed by atoms with Crippen molar-refractivity contribution in [3.63, 3.8) is 0 Å². The predicted octanol–water partition coefficient (Wildman–Crippen LogP) is 5.32. The van der Waals surface area contributed by atoms with Crippen LogP contribution in [0, 0.1) is 29.4 Å². The predicted molar refractivity (Wildman–Crippen MR) is 140 cm³/mol. The highest BCUT2D eigenvalue weighted by Gasteiger charge is 2.36. The van der Waals surface area contributed by atoms with E-state index in [4.69, 9.17) is 10.1 Å². The Labute approximate surface area is 211 Å². The number of carbonyl (C=O) groups excluding carboxylic acids is 1. The zero-order chi connectivity index (χ0) is 25.6. The molecule has 2 aromatic carbocycles. The highest BCUT2D eigenvalue weighted by molar-refractivity contribution is 8.17. The number of ether oxygens (including phenoxy) is 1. The highest BCUT2D eigenvalue weighted by atomic mass is 32.2. The lowest BCUT2D eigenvalue weighted by atomic mass is 10.1. The highest BCUT2D eigenvalue weighted by Crippen LogP contribution is 2.38. The molecule has 0 unspecified atom stereocenters. The van der Waals surface area contributed by atoms with Gasteiger partial charge in [-0.05, 0) is 43.2 Å². The molecule has 0 bridgehead atoms. The van der Waals surface area contributed by atoms with E-state index in [1.54, 1.807) is 17.0 Å². The number of methoxy groups -OCH3 is 1. The number of carbonyl (C=O) groups is 1. The number of benzene rings is 2. The summed E-state index contributed by atoms with van der Waals surface area (Å²) in [6.07, 6.45) is 1.67. The van der Waals surface area contributed by atoms with Crippen LogP contribution in [0.1, 0.15) is 22.5 Å². The van der Waals surface area contributed by atoms with E-state index >= 15 is 0 Å². The van der Waals surface area contributed by atoms with Gasteiger partial charge >= 0.3 is 0 Å². The minimum atomic E-state index is -0.473. The molecule has 2 aliphatic heterocycles. The van der Waals surface area contributed by atoms with Crippen molar-refractivity contribution in [2.24, 2.45) is 4.99 Å². The maximum atomic E-state index is 12.9. The molecule has 0 saturated heterocycles. The zero-order valence-electron chi connectivity index (χ0n) is 19.7. The van der Waals surface area contributed by atoms with Crippen molar-refractivity contribution < 1.29 is 14.5 Å². The first-order chi connectivity index (χ1) is 17.3. The number of amidine groups is 2. The van der Waals surface area contributed by atoms with Gasteiger partial charge in [-0.2, -0.15) is 4.99 Å². The summed E-state index contributed by atoms with van der Waals surface area (Å²) in [5.41, 5.74) is 4.83. The third kappa shape index (κ3) is 3.81. The largest absolute Gasteiger partial charge is 0.494 e. The number of nitrogens with zero attached hydrogens (tertiary/aromatic N) is 4. The summed E-state index contributed by atoms with van der Waals surface area (Å²) in [6.45, 7) is 3.78. The third-order valence-electron chi connectivity index (χ3n) is 6.07. The molecule has 0 spiro atoms. The number of aryl methyl sites for hydroxylation is 1. The van der Waals surface area contributed by atoms with Crippen LogP contribution in [-0.2, 0) is 4.79 Å². The Kier molecular flexibility index (Phi) is 5.81. The summed E-state index contributed by atoms with van der Waals surface area (Å²) in [5.74, 6) is -0.0605. The van der Waals surface area contributed by atoms with Crippen molar-refractivity contribution in [3.8, 4) is 11.4 Å². The topological polar surface area (TPSA) is 114 Å². The Bertz CT molecular complexity index is 1540. The van der Waals surface area contributed by atoms with Gasteiger partial charge in [-0.3, -0.25) is 25.2 Å². The van der Waals surface area contributed by atoms with Crippen LogP contribution in [-0.4, -0.2) is 38.4 Å². The summed E-state index contributed by atoms with van der Waals surface area (Å²) in [6, 6.07) is 16.0. The lowest BCUT2D eigenvalue weighted by Crippen LogP contribution is -2.38. The number of nitro groups is 1. The second kappa shape index (κ2) is 8.97. The van der Waals surface area contributed by atoms with Crippen LogP contribution in [0.15, 0.2) is 70.6 Å². The van der Waals surface area contributed by atoms with Crippen molar-refractivity contribution in [2.45, 2.75) is 13.8 Å². The lowest BCUT2D eigenvalue weighted by Gasteiger charge is -2.26. The van der Waals surface area contributed by atoms with Crippen LogP contribution in [0.25, 0.3) is 17.5 Å². The molecule has 3 aromatic rings. The number of thioether (sulfide) groups is 1. The molecule has 180 valence electrons. The number of aliphatic imine (C=N–C) groups is 1. The molecule has 5 rings (SSSR count). The first kappa shape index (κ1) is 23.3. The average molecular weight is 500 g/mol. The van der Waals surface area contributed by atoms with Gasteiger partial charge < -0.3 is 9.30 Å². The van der Waals surface area contributed by atoms with E-state index in [-0.39, 0.29) is 17.1 Å². The molecule has 0 atom stereocenters. The fourth-order valence-corrected chi connectivity index (χ4v) is 5.23. The molecule has 0 radical (unpaired) electrons. The monoisotopic (exact) mass is 499 g/mol. The average Bonchev–Trinajstić information content (AvgIpc) is 3.41. The Morgan fingerprint density at radius 2 is 1.89 bits per heavy atom. The van der Waals surface area contributed by atoms with Crippen molar-refractivity contribution in [1.29, 1.82) is 5.41 Å². The molecule has 10 heteroatoms. The van der Waals surface area contributed by atoms with Crippen molar-refractivity contribution in [1.82, 2.24) is 9.47 Å². The van der Waals surface area contributed by atoms with Gasteiger partial charge in [0.15, 0.2) is 5.17 Å². The SMILES string of the molecule is COc1cc([N+](=O)[O-])ccc1-n1c(C)cc(C=C2C(=N)N3C(c4ccccc4)=CSC3=NC2=O)c1C. The number of fused-ring (bicyclic) bond motifs is 1. The van der Waals surface area contributed by atoms with Crippen molar-refractivity contribution >= 4 is 46.1 Å².